The van der Waals surface area contributed by atoms with Crippen molar-refractivity contribution in [1.82, 2.24) is 0 Å². The van der Waals surface area contributed by atoms with E-state index in [1.165, 1.54) is 13.8 Å². The van der Waals surface area contributed by atoms with Gasteiger partial charge in [0, 0.05) is 25.2 Å². The number of nitrogens with zero attached hydrogens (tertiary/aromatic N) is 1. The van der Waals surface area contributed by atoms with Gasteiger partial charge in [-0.2, -0.15) is 0 Å². The first kappa shape index (κ1) is 12.3. The van der Waals surface area contributed by atoms with Crippen LogP contribution < -0.4 is 0 Å². The molecule has 0 aliphatic carbocycles. The summed E-state index contributed by atoms with van der Waals surface area (Å²) < 4.78 is 0. The van der Waals surface area contributed by atoms with Gasteiger partial charge in [0.1, 0.15) is 6.10 Å². The highest BCUT2D eigenvalue weighted by Crippen LogP contribution is 2.17. The molecule has 0 fully saturated rings. The molecule has 6 nitrogen and oxygen atoms in total. The molecule has 3 N–H and O–H groups in total. The summed E-state index contributed by atoms with van der Waals surface area (Å²) in [5, 5.41) is 37.0. The third kappa shape index (κ3) is 3.67. The smallest absolute Gasteiger partial charge is 0.219 e. The zero-order chi connectivity index (χ0) is 10.6. The van der Waals surface area contributed by atoms with Gasteiger partial charge in [-0.25, -0.2) is 0 Å². The maximum absolute atomic E-state index is 10.4. The van der Waals surface area contributed by atoms with Crippen LogP contribution in [-0.2, 0) is 0 Å². The van der Waals surface area contributed by atoms with Gasteiger partial charge in [-0.05, 0) is 0 Å². The van der Waals surface area contributed by atoms with Gasteiger partial charge in [-0.15, -0.1) is 0 Å². The summed E-state index contributed by atoms with van der Waals surface area (Å²) in [6.07, 6.45) is -2.79. The van der Waals surface area contributed by atoms with Crippen molar-refractivity contribution in [2.24, 2.45) is 0 Å². The van der Waals surface area contributed by atoms with E-state index in [9.17, 15) is 15.2 Å². The van der Waals surface area contributed by atoms with Gasteiger partial charge in [-0.1, -0.05) is 0 Å². The van der Waals surface area contributed by atoms with Crippen LogP contribution >= 0.6 is 0 Å². The summed E-state index contributed by atoms with van der Waals surface area (Å²) >= 11 is 0. The number of rotatable bonds is 5. The van der Waals surface area contributed by atoms with Crippen molar-refractivity contribution < 1.29 is 20.2 Å². The second kappa shape index (κ2) is 4.50. The average Bonchev–Trinajstić information content (AvgIpc) is 2.01. The molecule has 0 spiro atoms. The van der Waals surface area contributed by atoms with Crippen LogP contribution in [0.1, 0.15) is 20.3 Å². The van der Waals surface area contributed by atoms with E-state index in [0.717, 1.165) is 0 Å². The fourth-order valence-corrected chi connectivity index (χ4v) is 0.844. The lowest BCUT2D eigenvalue weighted by molar-refractivity contribution is -0.563. The molecule has 6 heteroatoms. The molecule has 0 aliphatic rings. The van der Waals surface area contributed by atoms with Crippen molar-refractivity contribution >= 4 is 0 Å². The summed E-state index contributed by atoms with van der Waals surface area (Å²) in [5.41, 5.74) is -1.30. The fourth-order valence-electron chi connectivity index (χ4n) is 0.844. The van der Waals surface area contributed by atoms with Crippen molar-refractivity contribution in [2.45, 2.75) is 38.0 Å². The summed E-state index contributed by atoms with van der Waals surface area (Å²) in [7, 11) is 0. The van der Waals surface area contributed by atoms with E-state index in [1.54, 1.807) is 0 Å². The molecule has 0 saturated carbocycles. The summed E-state index contributed by atoms with van der Waals surface area (Å²) in [5.74, 6) is 0. The molecule has 0 radical (unpaired) electrons. The van der Waals surface area contributed by atoms with E-state index in [-0.39, 0.29) is 6.42 Å². The zero-order valence-electron chi connectivity index (χ0n) is 7.67. The van der Waals surface area contributed by atoms with E-state index in [4.69, 9.17) is 10.2 Å². The number of hydrogen-bond acceptors (Lipinski definition) is 5. The lowest BCUT2D eigenvalue weighted by Gasteiger charge is -2.21. The molecule has 0 saturated heterocycles. The SMILES string of the molecule is CC(C)(CC(O)C(O)CO)[N+](=O)[O-]. The predicted octanol–water partition coefficient (Wildman–Crippen LogP) is -0.854. The Bertz CT molecular complexity index is 182. The van der Waals surface area contributed by atoms with Gasteiger partial charge >= 0.3 is 0 Å². The van der Waals surface area contributed by atoms with Crippen LogP contribution in [0, 0.1) is 10.1 Å². The number of aliphatic hydroxyl groups excluding tert-OH is 3. The maximum Gasteiger partial charge on any atom is 0.219 e. The Labute approximate surface area is 76.0 Å². The Morgan fingerprint density at radius 1 is 1.38 bits per heavy atom. The molecule has 2 unspecified atom stereocenters. The Balaban J connectivity index is 4.19. The van der Waals surface area contributed by atoms with Gasteiger partial charge in [-0.3, -0.25) is 10.1 Å². The quantitative estimate of drug-likeness (QED) is 0.389. The van der Waals surface area contributed by atoms with Gasteiger partial charge in [0.05, 0.1) is 12.7 Å². The van der Waals surface area contributed by atoms with Crippen LogP contribution in [0.25, 0.3) is 0 Å². The molecule has 0 aliphatic heterocycles. The molecule has 0 rings (SSSR count). The van der Waals surface area contributed by atoms with E-state index in [0.29, 0.717) is 0 Å². The Kier molecular flexibility index (Phi) is 4.25. The summed E-state index contributed by atoms with van der Waals surface area (Å²) in [6.45, 7) is 2.09. The number of nitro groups is 1. The summed E-state index contributed by atoms with van der Waals surface area (Å²) in [6, 6.07) is 0. The van der Waals surface area contributed by atoms with Crippen LogP contribution in [0.5, 0.6) is 0 Å². The highest BCUT2D eigenvalue weighted by molar-refractivity contribution is 4.76. The lowest BCUT2D eigenvalue weighted by Crippen LogP contribution is -2.40. The number of hydrogen-bond donors (Lipinski definition) is 3. The van der Waals surface area contributed by atoms with Crippen LogP contribution in [0.4, 0.5) is 0 Å². The predicted molar refractivity (Wildman–Crippen MR) is 44.8 cm³/mol. The maximum atomic E-state index is 10.4. The van der Waals surface area contributed by atoms with Crippen molar-refractivity contribution in [1.29, 1.82) is 0 Å². The molecule has 78 valence electrons. The topological polar surface area (TPSA) is 104 Å². The second-order valence-electron chi connectivity index (χ2n) is 3.59. The van der Waals surface area contributed by atoms with Crippen molar-refractivity contribution in [3.05, 3.63) is 10.1 Å². The third-order valence-electron chi connectivity index (χ3n) is 1.83. The molecule has 0 aromatic heterocycles. The van der Waals surface area contributed by atoms with Crippen molar-refractivity contribution in [3.63, 3.8) is 0 Å². The van der Waals surface area contributed by atoms with Gasteiger partial charge < -0.3 is 15.3 Å². The Hall–Kier alpha value is -0.720. The minimum Gasteiger partial charge on any atom is -0.394 e. The monoisotopic (exact) mass is 193 g/mol. The standard InChI is InChI=1S/C7H15NO5/c1-7(2,8(12)13)3-5(10)6(11)4-9/h5-6,9-11H,3-4H2,1-2H3. The Morgan fingerprint density at radius 3 is 2.15 bits per heavy atom. The molecule has 0 heterocycles. The fraction of sp³-hybridized carbons (Fsp3) is 1.00. The second-order valence-corrected chi connectivity index (χ2v) is 3.59. The van der Waals surface area contributed by atoms with E-state index in [1.807, 2.05) is 0 Å². The molecular weight excluding hydrogens is 178 g/mol. The van der Waals surface area contributed by atoms with Crippen LogP contribution in [-0.4, -0.2) is 44.6 Å². The minimum absolute atomic E-state index is 0.193. The first-order valence-corrected chi connectivity index (χ1v) is 3.92. The molecule has 0 amide bonds. The molecule has 0 bridgehead atoms. The van der Waals surface area contributed by atoms with E-state index in [2.05, 4.69) is 0 Å². The highest BCUT2D eigenvalue weighted by Gasteiger charge is 2.35. The van der Waals surface area contributed by atoms with Gasteiger partial charge in [0.25, 0.3) is 0 Å². The first-order valence-electron chi connectivity index (χ1n) is 3.92. The van der Waals surface area contributed by atoms with Crippen molar-refractivity contribution in [2.75, 3.05) is 6.61 Å². The normalized spacial score (nSPS) is 16.7. The van der Waals surface area contributed by atoms with Gasteiger partial charge in [0.2, 0.25) is 5.54 Å². The van der Waals surface area contributed by atoms with Gasteiger partial charge in [0.15, 0.2) is 0 Å². The van der Waals surface area contributed by atoms with E-state index < -0.39 is 29.3 Å². The van der Waals surface area contributed by atoms with Crippen LogP contribution in [0.2, 0.25) is 0 Å². The van der Waals surface area contributed by atoms with Crippen molar-refractivity contribution in [3.8, 4) is 0 Å². The number of aliphatic hydroxyl groups is 3. The molecule has 0 aromatic carbocycles. The Morgan fingerprint density at radius 2 is 1.85 bits per heavy atom. The molecule has 0 aromatic rings. The molecule has 2 atom stereocenters. The average molecular weight is 193 g/mol. The molecule has 13 heavy (non-hydrogen) atoms. The molecular formula is C7H15NO5. The largest absolute Gasteiger partial charge is 0.394 e. The first-order chi connectivity index (χ1) is 5.81. The third-order valence-corrected chi connectivity index (χ3v) is 1.83. The summed E-state index contributed by atoms with van der Waals surface area (Å²) in [4.78, 5) is 9.89. The van der Waals surface area contributed by atoms with Crippen LogP contribution in [0.15, 0.2) is 0 Å². The van der Waals surface area contributed by atoms with Crippen LogP contribution in [0.3, 0.4) is 0 Å². The van der Waals surface area contributed by atoms with E-state index >= 15 is 0 Å². The minimum atomic E-state index is -1.32. The zero-order valence-corrected chi connectivity index (χ0v) is 7.67. The highest BCUT2D eigenvalue weighted by atomic mass is 16.6. The lowest BCUT2D eigenvalue weighted by atomic mass is 9.95.